The highest BCUT2D eigenvalue weighted by molar-refractivity contribution is 5.94. The van der Waals surface area contributed by atoms with E-state index in [0.717, 1.165) is 0 Å². The summed E-state index contributed by atoms with van der Waals surface area (Å²) in [6.45, 7) is 2.35. The minimum Gasteiger partial charge on any atom is -0.550 e. The largest absolute Gasteiger partial charge is 0.550 e. The molecule has 0 fully saturated rings. The van der Waals surface area contributed by atoms with E-state index >= 15 is 0 Å². The van der Waals surface area contributed by atoms with Crippen LogP contribution >= 0.6 is 0 Å². The molecule has 0 aliphatic carbocycles. The summed E-state index contributed by atoms with van der Waals surface area (Å²) in [7, 11) is 0. The Morgan fingerprint density at radius 2 is 1.83 bits per heavy atom. The third kappa shape index (κ3) is 4.55. The third-order valence-electron chi connectivity index (χ3n) is 3.39. The summed E-state index contributed by atoms with van der Waals surface area (Å²) in [4.78, 5) is 23.2. The molecule has 0 aliphatic rings. The lowest BCUT2D eigenvalue weighted by Gasteiger charge is -2.20. The molecule has 5 nitrogen and oxygen atoms in total. The van der Waals surface area contributed by atoms with Crippen LogP contribution in [0.25, 0.3) is 0 Å². The van der Waals surface area contributed by atoms with Crippen molar-refractivity contribution in [1.82, 2.24) is 5.32 Å². The first-order valence-corrected chi connectivity index (χ1v) is 7.49. The fourth-order valence-corrected chi connectivity index (χ4v) is 2.26. The molecule has 24 heavy (non-hydrogen) atoms. The zero-order chi connectivity index (χ0) is 17.5. The Labute approximate surface area is 139 Å². The van der Waals surface area contributed by atoms with Gasteiger partial charge in [0.05, 0.1) is 18.2 Å². The van der Waals surface area contributed by atoms with Crippen LogP contribution in [0.1, 0.15) is 35.3 Å². The van der Waals surface area contributed by atoms with Gasteiger partial charge in [0.2, 0.25) is 0 Å². The summed E-state index contributed by atoms with van der Waals surface area (Å²) in [5, 5.41) is 13.5. The Morgan fingerprint density at radius 3 is 2.42 bits per heavy atom. The fraction of sp³-hybridized carbons (Fsp3) is 0.222. The van der Waals surface area contributed by atoms with E-state index in [2.05, 4.69) is 5.32 Å². The standard InChI is InChI=1S/C18H18FNO4/c1-2-24-13-9-7-12(8-10-13)16(11-17(21)22)20-18(23)14-5-3-4-6-15(14)19/h3-10,16H,2,11H2,1H3,(H,20,23)(H,21,22)/p-1. The summed E-state index contributed by atoms with van der Waals surface area (Å²) >= 11 is 0. The van der Waals surface area contributed by atoms with Crippen LogP contribution in [0, 0.1) is 5.82 Å². The monoisotopic (exact) mass is 330 g/mol. The van der Waals surface area contributed by atoms with Crippen LogP contribution in [0.15, 0.2) is 48.5 Å². The van der Waals surface area contributed by atoms with E-state index in [4.69, 9.17) is 4.74 Å². The van der Waals surface area contributed by atoms with Gasteiger partial charge in [-0.1, -0.05) is 24.3 Å². The van der Waals surface area contributed by atoms with Crippen molar-refractivity contribution in [3.63, 3.8) is 0 Å². The topological polar surface area (TPSA) is 78.5 Å². The first-order chi connectivity index (χ1) is 11.5. The molecule has 2 rings (SSSR count). The second-order valence-corrected chi connectivity index (χ2v) is 5.08. The molecule has 1 unspecified atom stereocenters. The molecule has 1 atom stereocenters. The number of nitrogens with one attached hydrogen (secondary N) is 1. The van der Waals surface area contributed by atoms with Crippen LogP contribution in [0.2, 0.25) is 0 Å². The van der Waals surface area contributed by atoms with Gasteiger partial charge in [0, 0.05) is 12.4 Å². The van der Waals surface area contributed by atoms with Crippen molar-refractivity contribution in [2.45, 2.75) is 19.4 Å². The maximum absolute atomic E-state index is 13.7. The predicted octanol–water partition coefficient (Wildman–Crippen LogP) is 1.84. The van der Waals surface area contributed by atoms with Gasteiger partial charge in [0.15, 0.2) is 0 Å². The van der Waals surface area contributed by atoms with Crippen molar-refractivity contribution >= 4 is 11.9 Å². The Bertz CT molecular complexity index is 715. The molecule has 1 amide bonds. The number of hydrogen-bond donors (Lipinski definition) is 1. The van der Waals surface area contributed by atoms with Crippen molar-refractivity contribution in [1.29, 1.82) is 0 Å². The van der Waals surface area contributed by atoms with Crippen molar-refractivity contribution < 1.29 is 23.8 Å². The second kappa shape index (κ2) is 8.10. The number of carbonyl (C=O) groups excluding carboxylic acids is 2. The molecule has 0 radical (unpaired) electrons. The van der Waals surface area contributed by atoms with E-state index in [1.165, 1.54) is 24.3 Å². The number of ether oxygens (including phenoxy) is 1. The SMILES string of the molecule is CCOc1ccc(C(CC(=O)[O-])NC(=O)c2ccccc2F)cc1. The van der Waals surface area contributed by atoms with E-state index in [1.807, 2.05) is 6.92 Å². The number of hydrogen-bond acceptors (Lipinski definition) is 4. The predicted molar refractivity (Wildman–Crippen MR) is 83.8 cm³/mol. The number of carboxylic acid groups (broad SMARTS) is 1. The Morgan fingerprint density at radius 1 is 1.17 bits per heavy atom. The number of rotatable bonds is 7. The second-order valence-electron chi connectivity index (χ2n) is 5.08. The maximum atomic E-state index is 13.7. The molecule has 2 aromatic rings. The van der Waals surface area contributed by atoms with Gasteiger partial charge < -0.3 is 20.0 Å². The molecule has 0 aliphatic heterocycles. The third-order valence-corrected chi connectivity index (χ3v) is 3.39. The van der Waals surface area contributed by atoms with Crippen molar-refractivity contribution in [3.8, 4) is 5.75 Å². The van der Waals surface area contributed by atoms with E-state index < -0.39 is 30.2 Å². The van der Waals surface area contributed by atoms with Crippen molar-refractivity contribution in [3.05, 3.63) is 65.5 Å². The van der Waals surface area contributed by atoms with Gasteiger partial charge in [-0.15, -0.1) is 0 Å². The molecule has 0 saturated carbocycles. The van der Waals surface area contributed by atoms with Crippen molar-refractivity contribution in [2.75, 3.05) is 6.61 Å². The van der Waals surface area contributed by atoms with Gasteiger partial charge in [0.1, 0.15) is 11.6 Å². The van der Waals surface area contributed by atoms with Gasteiger partial charge in [-0.2, -0.15) is 0 Å². The summed E-state index contributed by atoms with van der Waals surface area (Å²) in [5.74, 6) is -2.04. The normalized spacial score (nSPS) is 11.6. The lowest BCUT2D eigenvalue weighted by molar-refractivity contribution is -0.306. The summed E-state index contributed by atoms with van der Waals surface area (Å²) < 4.78 is 19.0. The van der Waals surface area contributed by atoms with Crippen LogP contribution in [-0.2, 0) is 4.79 Å². The Balaban J connectivity index is 2.20. The van der Waals surface area contributed by atoms with Crippen LogP contribution in [-0.4, -0.2) is 18.5 Å². The van der Waals surface area contributed by atoms with Gasteiger partial charge in [0.25, 0.3) is 5.91 Å². The van der Waals surface area contributed by atoms with Crippen LogP contribution in [0.3, 0.4) is 0 Å². The minimum absolute atomic E-state index is 0.146. The van der Waals surface area contributed by atoms with Gasteiger partial charge in [-0.25, -0.2) is 4.39 Å². The number of halogens is 1. The van der Waals surface area contributed by atoms with Gasteiger partial charge in [-0.05, 0) is 36.8 Å². The van der Waals surface area contributed by atoms with Crippen LogP contribution in [0.5, 0.6) is 5.75 Å². The van der Waals surface area contributed by atoms with E-state index in [1.54, 1.807) is 24.3 Å². The quantitative estimate of drug-likeness (QED) is 0.840. The molecular formula is C18H17FNO4-. The van der Waals surface area contributed by atoms with E-state index in [-0.39, 0.29) is 5.56 Å². The maximum Gasteiger partial charge on any atom is 0.254 e. The van der Waals surface area contributed by atoms with Gasteiger partial charge >= 0.3 is 0 Å². The molecular weight excluding hydrogens is 313 g/mol. The summed E-state index contributed by atoms with van der Waals surface area (Å²) in [6.07, 6.45) is -0.422. The highest BCUT2D eigenvalue weighted by Gasteiger charge is 2.18. The Hall–Kier alpha value is -2.89. The molecule has 2 aromatic carbocycles. The fourth-order valence-electron chi connectivity index (χ4n) is 2.26. The first-order valence-electron chi connectivity index (χ1n) is 7.49. The van der Waals surface area contributed by atoms with Crippen molar-refractivity contribution in [2.24, 2.45) is 0 Å². The molecule has 0 spiro atoms. The van der Waals surface area contributed by atoms with E-state index in [9.17, 15) is 19.1 Å². The smallest absolute Gasteiger partial charge is 0.254 e. The molecule has 0 heterocycles. The molecule has 0 bridgehead atoms. The average molecular weight is 330 g/mol. The average Bonchev–Trinajstić information content (AvgIpc) is 2.55. The minimum atomic E-state index is -1.32. The molecule has 6 heteroatoms. The summed E-state index contributed by atoms with van der Waals surface area (Å²) in [6, 6.07) is 11.3. The molecule has 0 aromatic heterocycles. The lowest BCUT2D eigenvalue weighted by Crippen LogP contribution is -2.34. The van der Waals surface area contributed by atoms with Crippen LogP contribution in [0.4, 0.5) is 4.39 Å². The number of benzene rings is 2. The number of carboxylic acids is 1. The molecule has 1 N–H and O–H groups in total. The highest BCUT2D eigenvalue weighted by Crippen LogP contribution is 2.21. The molecule has 0 saturated heterocycles. The van der Waals surface area contributed by atoms with E-state index in [0.29, 0.717) is 17.9 Å². The highest BCUT2D eigenvalue weighted by atomic mass is 19.1. The number of amides is 1. The zero-order valence-electron chi connectivity index (χ0n) is 13.1. The van der Waals surface area contributed by atoms with Crippen LogP contribution < -0.4 is 15.2 Å². The number of aliphatic carboxylic acids is 1. The molecule has 126 valence electrons. The summed E-state index contributed by atoms with van der Waals surface area (Å²) in [5.41, 5.74) is 0.416. The number of carbonyl (C=O) groups is 2. The van der Waals surface area contributed by atoms with Gasteiger partial charge in [-0.3, -0.25) is 4.79 Å². The lowest BCUT2D eigenvalue weighted by atomic mass is 10.0. The zero-order valence-corrected chi connectivity index (χ0v) is 13.1. The Kier molecular flexibility index (Phi) is 5.89. The first kappa shape index (κ1) is 17.5.